The minimum atomic E-state index is -5.08. The Morgan fingerprint density at radius 1 is 1.26 bits per heavy atom. The second kappa shape index (κ2) is 9.60. The van der Waals surface area contributed by atoms with Crippen molar-refractivity contribution in [2.75, 3.05) is 37.7 Å². The molecule has 1 atom stereocenters. The van der Waals surface area contributed by atoms with Crippen LogP contribution in [0.2, 0.25) is 0 Å². The highest BCUT2D eigenvalue weighted by Crippen LogP contribution is 2.31. The lowest BCUT2D eigenvalue weighted by Gasteiger charge is -2.48. The molecule has 2 saturated heterocycles. The second-order valence-corrected chi connectivity index (χ2v) is 7.66. The highest BCUT2D eigenvalue weighted by atomic mass is 19.4. The average molecular weight is 442 g/mol. The zero-order valence-electron chi connectivity index (χ0n) is 17.1. The van der Waals surface area contributed by atoms with E-state index in [1.165, 1.54) is 5.56 Å². The average Bonchev–Trinajstić information content (AvgIpc) is 3.13. The summed E-state index contributed by atoms with van der Waals surface area (Å²) >= 11 is 0. The maximum Gasteiger partial charge on any atom is 0.490 e. The van der Waals surface area contributed by atoms with Crippen molar-refractivity contribution in [3.05, 3.63) is 36.5 Å². The van der Waals surface area contributed by atoms with Gasteiger partial charge >= 0.3 is 12.1 Å². The third-order valence-corrected chi connectivity index (χ3v) is 5.15. The van der Waals surface area contributed by atoms with Crippen LogP contribution in [0.5, 0.6) is 0 Å². The Kier molecular flexibility index (Phi) is 7.11. The number of carboxylic acids is 1. The Morgan fingerprint density at radius 2 is 2.03 bits per heavy atom. The van der Waals surface area contributed by atoms with E-state index in [2.05, 4.69) is 31.1 Å². The SMILES string of the molecule is Cn1cc(CN2CCOC3(CCCN(c4cnccn4)C3)C2)cn1.O=C(O)C(F)(F)F. The van der Waals surface area contributed by atoms with Gasteiger partial charge in [0, 0.05) is 63.9 Å². The minimum Gasteiger partial charge on any atom is -0.475 e. The smallest absolute Gasteiger partial charge is 0.475 e. The molecular formula is C19H25F3N6O3. The van der Waals surface area contributed by atoms with E-state index < -0.39 is 12.1 Å². The quantitative estimate of drug-likeness (QED) is 0.768. The van der Waals surface area contributed by atoms with Crippen molar-refractivity contribution in [2.24, 2.45) is 7.05 Å². The van der Waals surface area contributed by atoms with Gasteiger partial charge < -0.3 is 14.7 Å². The van der Waals surface area contributed by atoms with Gasteiger partial charge in [-0.1, -0.05) is 0 Å². The van der Waals surface area contributed by atoms with Crippen LogP contribution in [-0.4, -0.2) is 80.3 Å². The predicted octanol–water partition coefficient (Wildman–Crippen LogP) is 1.71. The van der Waals surface area contributed by atoms with Crippen molar-refractivity contribution in [1.82, 2.24) is 24.6 Å². The van der Waals surface area contributed by atoms with E-state index in [0.29, 0.717) is 0 Å². The van der Waals surface area contributed by atoms with Crippen LogP contribution < -0.4 is 4.90 Å². The molecule has 2 aromatic rings. The van der Waals surface area contributed by atoms with Crippen molar-refractivity contribution in [3.63, 3.8) is 0 Å². The molecule has 2 aliphatic heterocycles. The van der Waals surface area contributed by atoms with E-state index >= 15 is 0 Å². The third kappa shape index (κ3) is 6.37. The Balaban J connectivity index is 0.000000339. The molecule has 4 heterocycles. The number of nitrogens with zero attached hydrogens (tertiary/aromatic N) is 6. The maximum atomic E-state index is 10.6. The minimum absolute atomic E-state index is 0.101. The normalized spacial score (nSPS) is 22.1. The van der Waals surface area contributed by atoms with Crippen LogP contribution in [0.4, 0.5) is 19.0 Å². The van der Waals surface area contributed by atoms with Crippen LogP contribution in [-0.2, 0) is 23.1 Å². The van der Waals surface area contributed by atoms with Gasteiger partial charge in [0.25, 0.3) is 0 Å². The molecule has 0 saturated carbocycles. The second-order valence-electron chi connectivity index (χ2n) is 7.66. The molecule has 0 aliphatic carbocycles. The lowest BCUT2D eigenvalue weighted by atomic mass is 9.90. The number of alkyl halides is 3. The fourth-order valence-electron chi connectivity index (χ4n) is 3.87. The Hall–Kier alpha value is -2.73. The number of anilines is 1. The lowest BCUT2D eigenvalue weighted by molar-refractivity contribution is -0.192. The topological polar surface area (TPSA) is 96.6 Å². The number of aliphatic carboxylic acids is 1. The van der Waals surface area contributed by atoms with Gasteiger partial charge in [-0.15, -0.1) is 0 Å². The largest absolute Gasteiger partial charge is 0.490 e. The summed E-state index contributed by atoms with van der Waals surface area (Å²) in [5, 5.41) is 11.4. The molecule has 0 aromatic carbocycles. The molecule has 0 amide bonds. The Labute approximate surface area is 177 Å². The summed E-state index contributed by atoms with van der Waals surface area (Å²) in [6.07, 6.45) is 6.51. The highest BCUT2D eigenvalue weighted by Gasteiger charge is 2.41. The molecule has 1 N–H and O–H groups in total. The number of ether oxygens (including phenoxy) is 1. The highest BCUT2D eigenvalue weighted by molar-refractivity contribution is 5.73. The van der Waals surface area contributed by atoms with E-state index in [4.69, 9.17) is 14.6 Å². The summed E-state index contributed by atoms with van der Waals surface area (Å²) < 4.78 is 39.9. The van der Waals surface area contributed by atoms with Gasteiger partial charge in [-0.05, 0) is 12.8 Å². The number of carboxylic acid groups (broad SMARTS) is 1. The number of morpholine rings is 1. The summed E-state index contributed by atoms with van der Waals surface area (Å²) in [6.45, 7) is 5.56. The number of hydrogen-bond donors (Lipinski definition) is 1. The van der Waals surface area contributed by atoms with Crippen molar-refractivity contribution in [2.45, 2.75) is 31.2 Å². The van der Waals surface area contributed by atoms with E-state index in [1.807, 2.05) is 24.1 Å². The molecule has 31 heavy (non-hydrogen) atoms. The van der Waals surface area contributed by atoms with Crippen molar-refractivity contribution >= 4 is 11.8 Å². The van der Waals surface area contributed by atoms with Crippen molar-refractivity contribution < 1.29 is 27.8 Å². The van der Waals surface area contributed by atoms with Gasteiger partial charge in [-0.3, -0.25) is 14.6 Å². The Morgan fingerprint density at radius 3 is 2.65 bits per heavy atom. The number of carbonyl (C=O) groups is 1. The van der Waals surface area contributed by atoms with Gasteiger partial charge in [-0.25, -0.2) is 9.78 Å². The molecule has 12 heteroatoms. The first-order chi connectivity index (χ1) is 14.7. The number of hydrogen-bond acceptors (Lipinski definition) is 7. The van der Waals surface area contributed by atoms with Gasteiger partial charge in [0.1, 0.15) is 5.82 Å². The molecule has 2 fully saturated rings. The zero-order valence-corrected chi connectivity index (χ0v) is 17.1. The van der Waals surface area contributed by atoms with Gasteiger partial charge in [-0.2, -0.15) is 18.3 Å². The van der Waals surface area contributed by atoms with Crippen LogP contribution in [0, 0.1) is 0 Å². The van der Waals surface area contributed by atoms with Crippen LogP contribution >= 0.6 is 0 Å². The molecular weight excluding hydrogens is 417 g/mol. The van der Waals surface area contributed by atoms with E-state index in [1.54, 1.807) is 12.4 Å². The molecule has 170 valence electrons. The fraction of sp³-hybridized carbons (Fsp3) is 0.579. The first-order valence-corrected chi connectivity index (χ1v) is 9.82. The number of aryl methyl sites for hydroxylation is 1. The number of piperidine rings is 1. The summed E-state index contributed by atoms with van der Waals surface area (Å²) in [5.41, 5.74) is 1.16. The fourth-order valence-corrected chi connectivity index (χ4v) is 3.87. The maximum absolute atomic E-state index is 10.6. The molecule has 0 radical (unpaired) electrons. The molecule has 0 bridgehead atoms. The molecule has 1 unspecified atom stereocenters. The predicted molar refractivity (Wildman–Crippen MR) is 104 cm³/mol. The number of halogens is 3. The van der Waals surface area contributed by atoms with Gasteiger partial charge in [0.2, 0.25) is 0 Å². The van der Waals surface area contributed by atoms with E-state index in [-0.39, 0.29) is 5.60 Å². The van der Waals surface area contributed by atoms with Gasteiger partial charge in [0.05, 0.1) is 24.6 Å². The summed E-state index contributed by atoms with van der Waals surface area (Å²) in [5.74, 6) is -1.81. The first-order valence-electron chi connectivity index (χ1n) is 9.82. The molecule has 2 aliphatic rings. The number of aromatic nitrogens is 4. The van der Waals surface area contributed by atoms with Crippen molar-refractivity contribution in [1.29, 1.82) is 0 Å². The molecule has 1 spiro atoms. The van der Waals surface area contributed by atoms with E-state index in [9.17, 15) is 13.2 Å². The van der Waals surface area contributed by atoms with Crippen LogP contribution in [0.3, 0.4) is 0 Å². The monoisotopic (exact) mass is 442 g/mol. The summed E-state index contributed by atoms with van der Waals surface area (Å²) in [6, 6.07) is 0. The molecule has 9 nitrogen and oxygen atoms in total. The van der Waals surface area contributed by atoms with Crippen LogP contribution in [0.1, 0.15) is 18.4 Å². The molecule has 2 aromatic heterocycles. The molecule has 4 rings (SSSR count). The zero-order chi connectivity index (χ0) is 22.5. The van der Waals surface area contributed by atoms with Gasteiger partial charge in [0.15, 0.2) is 0 Å². The summed E-state index contributed by atoms with van der Waals surface area (Å²) in [4.78, 5) is 22.3. The van der Waals surface area contributed by atoms with E-state index in [0.717, 1.165) is 58.0 Å². The lowest BCUT2D eigenvalue weighted by Crippen LogP contribution is -2.59. The van der Waals surface area contributed by atoms with Crippen molar-refractivity contribution in [3.8, 4) is 0 Å². The third-order valence-electron chi connectivity index (χ3n) is 5.15. The van der Waals surface area contributed by atoms with Crippen LogP contribution in [0.15, 0.2) is 31.0 Å². The number of rotatable bonds is 3. The summed E-state index contributed by atoms with van der Waals surface area (Å²) in [7, 11) is 1.96. The van der Waals surface area contributed by atoms with Crippen LogP contribution in [0.25, 0.3) is 0 Å². The standard InChI is InChI=1S/C17H24N6O.C2HF3O2/c1-21-11-15(9-20-21)12-22-7-8-24-17(13-22)3-2-6-23(14-17)16-10-18-4-5-19-16;3-2(4,5)1(6)7/h4-5,9-11H,2-3,6-8,12-14H2,1H3;(H,6,7). The Bertz CT molecular complexity index is 859. The first kappa shape index (κ1) is 22.9.